The number of fused-ring (bicyclic) bond motifs is 1. The number of carbonyl (C=O) groups excluding carboxylic acids is 1. The highest BCUT2D eigenvalue weighted by Crippen LogP contribution is 2.32. The highest BCUT2D eigenvalue weighted by molar-refractivity contribution is 5.94. The normalized spacial score (nSPS) is 18.3. The number of benzene rings is 1. The van der Waals surface area contributed by atoms with Gasteiger partial charge in [0.2, 0.25) is 0 Å². The molecule has 1 aromatic heterocycles. The summed E-state index contributed by atoms with van der Waals surface area (Å²) >= 11 is 0. The highest BCUT2D eigenvalue weighted by Gasteiger charge is 2.32. The predicted octanol–water partition coefficient (Wildman–Crippen LogP) is 3.06. The molecule has 1 unspecified atom stereocenters. The molecule has 2 aliphatic rings. The van der Waals surface area contributed by atoms with Crippen molar-refractivity contribution in [2.24, 2.45) is 5.92 Å². The number of rotatable bonds is 5. The molecule has 5 nitrogen and oxygen atoms in total. The van der Waals surface area contributed by atoms with Gasteiger partial charge in [0.05, 0.1) is 6.04 Å². The number of nitrogens with one attached hydrogen (secondary N) is 2. The van der Waals surface area contributed by atoms with Crippen LogP contribution in [-0.4, -0.2) is 34.1 Å². The van der Waals surface area contributed by atoms with Crippen LogP contribution in [0.4, 0.5) is 0 Å². The Bertz CT molecular complexity index is 735. The molecule has 2 heterocycles. The van der Waals surface area contributed by atoms with Crippen molar-refractivity contribution in [3.05, 3.63) is 52.8 Å². The van der Waals surface area contributed by atoms with Gasteiger partial charge in [0.25, 0.3) is 5.91 Å². The van der Waals surface area contributed by atoms with Crippen LogP contribution in [0.25, 0.3) is 0 Å². The molecular formula is C20H26N4O. The first-order valence-corrected chi connectivity index (χ1v) is 9.37. The van der Waals surface area contributed by atoms with Crippen molar-refractivity contribution in [2.75, 3.05) is 13.1 Å². The van der Waals surface area contributed by atoms with Crippen LogP contribution in [0.1, 0.15) is 59.5 Å². The third kappa shape index (κ3) is 3.21. The molecule has 2 aromatic rings. The molecule has 0 saturated heterocycles. The summed E-state index contributed by atoms with van der Waals surface area (Å²) in [4.78, 5) is 15.4. The lowest BCUT2D eigenvalue weighted by Gasteiger charge is -2.36. The molecule has 1 aliphatic heterocycles. The Morgan fingerprint density at radius 2 is 2.12 bits per heavy atom. The van der Waals surface area contributed by atoms with Crippen LogP contribution in [0.2, 0.25) is 0 Å². The van der Waals surface area contributed by atoms with Crippen molar-refractivity contribution in [1.29, 1.82) is 0 Å². The van der Waals surface area contributed by atoms with E-state index in [-0.39, 0.29) is 11.9 Å². The molecule has 2 N–H and O–H groups in total. The third-order valence-electron chi connectivity index (χ3n) is 5.70. The van der Waals surface area contributed by atoms with Gasteiger partial charge < -0.3 is 10.2 Å². The molecule has 132 valence electrons. The molecule has 1 aliphatic carbocycles. The van der Waals surface area contributed by atoms with E-state index in [9.17, 15) is 4.79 Å². The zero-order valence-corrected chi connectivity index (χ0v) is 14.8. The lowest BCUT2D eigenvalue weighted by atomic mass is 9.84. The molecule has 25 heavy (non-hydrogen) atoms. The second-order valence-electron chi connectivity index (χ2n) is 7.30. The number of amides is 1. The standard InChI is InChI=1S/C20H26N4O/c1-14(16-8-3-2-4-9-16)24(13-15-6-5-7-15)20(25)19-17-12-21-11-10-18(17)22-23-19/h2-4,8-9,14-15,21H,5-7,10-13H2,1H3,(H,22,23). The summed E-state index contributed by atoms with van der Waals surface area (Å²) in [6.45, 7) is 4.62. The van der Waals surface area contributed by atoms with Gasteiger partial charge in [-0.05, 0) is 31.2 Å². The fraction of sp³-hybridized carbons (Fsp3) is 0.500. The van der Waals surface area contributed by atoms with Crippen LogP contribution in [0, 0.1) is 5.92 Å². The Hall–Kier alpha value is -2.14. The fourth-order valence-electron chi connectivity index (χ4n) is 3.82. The van der Waals surface area contributed by atoms with Gasteiger partial charge in [0, 0.05) is 37.3 Å². The predicted molar refractivity (Wildman–Crippen MR) is 97.2 cm³/mol. The van der Waals surface area contributed by atoms with Crippen LogP contribution in [0.15, 0.2) is 30.3 Å². The van der Waals surface area contributed by atoms with E-state index in [2.05, 4.69) is 34.6 Å². The van der Waals surface area contributed by atoms with Crippen LogP contribution in [-0.2, 0) is 13.0 Å². The van der Waals surface area contributed by atoms with Crippen molar-refractivity contribution in [1.82, 2.24) is 20.4 Å². The minimum atomic E-state index is 0.0539. The highest BCUT2D eigenvalue weighted by atomic mass is 16.2. The van der Waals surface area contributed by atoms with E-state index in [1.807, 2.05) is 23.1 Å². The van der Waals surface area contributed by atoms with Gasteiger partial charge in [0.15, 0.2) is 5.69 Å². The van der Waals surface area contributed by atoms with Crippen molar-refractivity contribution in [3.8, 4) is 0 Å². The smallest absolute Gasteiger partial charge is 0.275 e. The Labute approximate surface area is 148 Å². The zero-order valence-electron chi connectivity index (χ0n) is 14.8. The van der Waals surface area contributed by atoms with E-state index < -0.39 is 0 Å². The topological polar surface area (TPSA) is 61.0 Å². The number of aromatic amines is 1. The first-order chi connectivity index (χ1) is 12.2. The molecule has 5 heteroatoms. The molecular weight excluding hydrogens is 312 g/mol. The quantitative estimate of drug-likeness (QED) is 0.881. The number of carbonyl (C=O) groups is 1. The Balaban J connectivity index is 1.62. The van der Waals surface area contributed by atoms with Crippen molar-refractivity contribution >= 4 is 5.91 Å². The summed E-state index contributed by atoms with van der Waals surface area (Å²) in [6.07, 6.45) is 4.65. The van der Waals surface area contributed by atoms with Crippen LogP contribution in [0.3, 0.4) is 0 Å². The average Bonchev–Trinajstić information content (AvgIpc) is 3.05. The second-order valence-corrected chi connectivity index (χ2v) is 7.30. The second kappa shape index (κ2) is 7.00. The Morgan fingerprint density at radius 1 is 1.32 bits per heavy atom. The van der Waals surface area contributed by atoms with E-state index in [4.69, 9.17) is 0 Å². The monoisotopic (exact) mass is 338 g/mol. The molecule has 1 amide bonds. The van der Waals surface area contributed by atoms with E-state index >= 15 is 0 Å². The molecule has 0 spiro atoms. The maximum absolute atomic E-state index is 13.4. The van der Waals surface area contributed by atoms with Crippen LogP contribution >= 0.6 is 0 Å². The Kier molecular flexibility index (Phi) is 4.57. The number of aromatic nitrogens is 2. The van der Waals surface area contributed by atoms with E-state index in [0.717, 1.165) is 37.3 Å². The van der Waals surface area contributed by atoms with Gasteiger partial charge in [-0.2, -0.15) is 5.10 Å². The SMILES string of the molecule is CC(c1ccccc1)N(CC1CCC1)C(=O)c1n[nH]c2c1CNCC2. The van der Waals surface area contributed by atoms with Gasteiger partial charge in [-0.25, -0.2) is 0 Å². The zero-order chi connectivity index (χ0) is 17.2. The minimum Gasteiger partial charge on any atom is -0.330 e. The average molecular weight is 338 g/mol. The largest absolute Gasteiger partial charge is 0.330 e. The summed E-state index contributed by atoms with van der Waals surface area (Å²) < 4.78 is 0. The van der Waals surface area contributed by atoms with Crippen LogP contribution < -0.4 is 5.32 Å². The summed E-state index contributed by atoms with van der Waals surface area (Å²) in [6, 6.07) is 10.4. The maximum atomic E-state index is 13.4. The van der Waals surface area contributed by atoms with Crippen molar-refractivity contribution < 1.29 is 4.79 Å². The van der Waals surface area contributed by atoms with Gasteiger partial charge in [-0.3, -0.25) is 9.89 Å². The number of hydrogen-bond donors (Lipinski definition) is 2. The molecule has 1 aromatic carbocycles. The summed E-state index contributed by atoms with van der Waals surface area (Å²) in [5.74, 6) is 0.687. The van der Waals surface area contributed by atoms with E-state index in [1.54, 1.807) is 0 Å². The first kappa shape index (κ1) is 16.3. The van der Waals surface area contributed by atoms with E-state index in [1.165, 1.54) is 24.8 Å². The summed E-state index contributed by atoms with van der Waals surface area (Å²) in [5.41, 5.74) is 3.94. The van der Waals surface area contributed by atoms with Crippen molar-refractivity contribution in [2.45, 2.75) is 45.2 Å². The third-order valence-corrected chi connectivity index (χ3v) is 5.70. The molecule has 1 atom stereocenters. The molecule has 1 saturated carbocycles. The van der Waals surface area contributed by atoms with Gasteiger partial charge in [-0.1, -0.05) is 36.8 Å². The number of H-pyrrole nitrogens is 1. The van der Waals surface area contributed by atoms with Gasteiger partial charge >= 0.3 is 0 Å². The lowest BCUT2D eigenvalue weighted by molar-refractivity contribution is 0.0606. The molecule has 1 fully saturated rings. The molecule has 0 radical (unpaired) electrons. The number of hydrogen-bond acceptors (Lipinski definition) is 3. The molecule has 4 rings (SSSR count). The fourth-order valence-corrected chi connectivity index (χ4v) is 3.82. The van der Waals surface area contributed by atoms with Crippen LogP contribution in [0.5, 0.6) is 0 Å². The Morgan fingerprint density at radius 3 is 2.84 bits per heavy atom. The van der Waals surface area contributed by atoms with Gasteiger partial charge in [0.1, 0.15) is 0 Å². The maximum Gasteiger partial charge on any atom is 0.275 e. The molecule has 0 bridgehead atoms. The van der Waals surface area contributed by atoms with Crippen molar-refractivity contribution in [3.63, 3.8) is 0 Å². The van der Waals surface area contributed by atoms with E-state index in [0.29, 0.717) is 11.6 Å². The minimum absolute atomic E-state index is 0.0539. The number of nitrogens with zero attached hydrogens (tertiary/aromatic N) is 2. The van der Waals surface area contributed by atoms with Gasteiger partial charge in [-0.15, -0.1) is 0 Å². The first-order valence-electron chi connectivity index (χ1n) is 9.37. The summed E-state index contributed by atoms with van der Waals surface area (Å²) in [7, 11) is 0. The lowest BCUT2D eigenvalue weighted by Crippen LogP contribution is -2.40. The summed E-state index contributed by atoms with van der Waals surface area (Å²) in [5, 5.41) is 10.8.